The van der Waals surface area contributed by atoms with E-state index in [9.17, 15) is 36.3 Å². The summed E-state index contributed by atoms with van der Waals surface area (Å²) in [6, 6.07) is 13.2. The second-order valence-electron chi connectivity index (χ2n) is 7.61. The van der Waals surface area contributed by atoms with E-state index in [2.05, 4.69) is 0 Å². The Morgan fingerprint density at radius 3 is 2.30 bits per heavy atom. The van der Waals surface area contributed by atoms with E-state index in [0.29, 0.717) is 6.07 Å². The van der Waals surface area contributed by atoms with Crippen LogP contribution in [-0.2, 0) is 25.1 Å². The topological polar surface area (TPSA) is 113 Å². The molecule has 0 aromatic heterocycles. The zero-order valence-corrected chi connectivity index (χ0v) is 21.6. The van der Waals surface area contributed by atoms with E-state index < -0.39 is 51.9 Å². The van der Waals surface area contributed by atoms with Crippen LogP contribution in [0.1, 0.15) is 12.5 Å². The number of hydrogen-bond acceptors (Lipinski definition) is 7. The van der Waals surface area contributed by atoms with Gasteiger partial charge in [0.2, 0.25) is 7.37 Å². The van der Waals surface area contributed by atoms with Gasteiger partial charge >= 0.3 is 6.18 Å². The Morgan fingerprint density at radius 2 is 1.73 bits per heavy atom. The Balaban J connectivity index is 1.89. The Labute approximate surface area is 215 Å². The molecule has 3 aromatic rings. The van der Waals surface area contributed by atoms with Gasteiger partial charge in [-0.3, -0.25) is 14.7 Å². The van der Waals surface area contributed by atoms with Gasteiger partial charge in [-0.2, -0.15) is 13.2 Å². The van der Waals surface area contributed by atoms with Gasteiger partial charge in [-0.1, -0.05) is 36.7 Å². The molecular weight excluding hydrogens is 558 g/mol. The van der Waals surface area contributed by atoms with Crippen LogP contribution in [0.25, 0.3) is 0 Å². The zero-order chi connectivity index (χ0) is 27.4. The van der Waals surface area contributed by atoms with Crippen molar-refractivity contribution in [2.75, 3.05) is 18.5 Å². The van der Waals surface area contributed by atoms with Crippen LogP contribution in [0.15, 0.2) is 71.6 Å². The molecule has 0 N–H and O–H groups in total. The van der Waals surface area contributed by atoms with Gasteiger partial charge < -0.3 is 9.26 Å². The van der Waals surface area contributed by atoms with Crippen molar-refractivity contribution in [3.8, 4) is 11.5 Å². The molecule has 14 heteroatoms. The minimum absolute atomic E-state index is 0.0414. The van der Waals surface area contributed by atoms with Gasteiger partial charge in [-0.25, -0.2) is 8.42 Å². The van der Waals surface area contributed by atoms with E-state index in [4.69, 9.17) is 20.9 Å². The summed E-state index contributed by atoms with van der Waals surface area (Å²) in [7, 11) is -7.73. The summed E-state index contributed by atoms with van der Waals surface area (Å²) in [5, 5.41) is 10.9. The standard InChI is InChI=1S/C23H20ClF3NO7PS/c1-2-36(31,34-12-13-37(32,33)18-6-4-3-5-7-18)22-15-17(9-10-20(22)28(29)30)35-21-11-8-16(14-19(21)24)23(25,26)27/h3-11,14-15H,2,12-13H2,1H3. The lowest BCUT2D eigenvalue weighted by molar-refractivity contribution is -0.383. The summed E-state index contributed by atoms with van der Waals surface area (Å²) >= 11 is 5.92. The summed E-state index contributed by atoms with van der Waals surface area (Å²) in [5.74, 6) is -0.793. The van der Waals surface area contributed by atoms with Crippen LogP contribution in [0, 0.1) is 10.1 Å². The molecule has 0 aliphatic heterocycles. The van der Waals surface area contributed by atoms with Crippen LogP contribution >= 0.6 is 19.0 Å². The largest absolute Gasteiger partial charge is 0.456 e. The fourth-order valence-corrected chi connectivity index (χ4v) is 6.58. The van der Waals surface area contributed by atoms with Gasteiger partial charge in [0.15, 0.2) is 9.84 Å². The van der Waals surface area contributed by atoms with Crippen molar-refractivity contribution < 1.29 is 40.3 Å². The molecule has 198 valence electrons. The molecule has 0 saturated heterocycles. The molecular formula is C23H20ClF3NO7PS. The maximum Gasteiger partial charge on any atom is 0.416 e. The lowest BCUT2D eigenvalue weighted by Gasteiger charge is -2.18. The molecule has 0 bridgehead atoms. The maximum atomic E-state index is 13.6. The number of rotatable bonds is 10. The highest BCUT2D eigenvalue weighted by molar-refractivity contribution is 7.91. The highest BCUT2D eigenvalue weighted by atomic mass is 35.5. The molecule has 1 unspecified atom stereocenters. The monoisotopic (exact) mass is 577 g/mol. The van der Waals surface area contributed by atoms with Crippen LogP contribution in [0.5, 0.6) is 11.5 Å². The summed E-state index contributed by atoms with van der Waals surface area (Å²) in [5.41, 5.74) is -1.55. The first-order chi connectivity index (χ1) is 17.3. The Bertz CT molecular complexity index is 1450. The number of halogens is 4. The normalized spacial score (nSPS) is 13.6. The number of benzene rings is 3. The first-order valence-corrected chi connectivity index (χ1v) is 14.5. The zero-order valence-electron chi connectivity index (χ0n) is 19.1. The summed E-state index contributed by atoms with van der Waals surface area (Å²) in [4.78, 5) is 10.9. The number of ether oxygens (including phenoxy) is 1. The van der Waals surface area contributed by atoms with Gasteiger partial charge in [-0.05, 0) is 36.4 Å². The third-order valence-corrected chi connectivity index (χ3v) is 9.68. The molecule has 1 atom stereocenters. The van der Waals surface area contributed by atoms with Crippen molar-refractivity contribution in [3.63, 3.8) is 0 Å². The predicted octanol–water partition coefficient (Wildman–Crippen LogP) is 6.47. The molecule has 0 amide bonds. The van der Waals surface area contributed by atoms with E-state index in [1.54, 1.807) is 18.2 Å². The van der Waals surface area contributed by atoms with Crippen molar-refractivity contribution in [1.82, 2.24) is 0 Å². The van der Waals surface area contributed by atoms with E-state index in [1.807, 2.05) is 0 Å². The Morgan fingerprint density at radius 1 is 1.05 bits per heavy atom. The molecule has 37 heavy (non-hydrogen) atoms. The first kappa shape index (κ1) is 28.6. The number of nitro groups is 1. The third-order valence-electron chi connectivity index (χ3n) is 5.17. The second kappa shape index (κ2) is 11.2. The van der Waals surface area contributed by atoms with Crippen molar-refractivity contribution in [1.29, 1.82) is 0 Å². The Kier molecular flexibility index (Phi) is 8.69. The lowest BCUT2D eigenvalue weighted by atomic mass is 10.2. The average Bonchev–Trinajstić information content (AvgIpc) is 2.84. The highest BCUT2D eigenvalue weighted by Crippen LogP contribution is 2.49. The van der Waals surface area contributed by atoms with E-state index in [1.165, 1.54) is 19.1 Å². The van der Waals surface area contributed by atoms with E-state index >= 15 is 0 Å². The maximum absolute atomic E-state index is 13.6. The quantitative estimate of drug-likeness (QED) is 0.154. The van der Waals surface area contributed by atoms with Gasteiger partial charge in [-0.15, -0.1) is 0 Å². The van der Waals surface area contributed by atoms with Crippen molar-refractivity contribution in [3.05, 3.63) is 87.4 Å². The van der Waals surface area contributed by atoms with Gasteiger partial charge in [0, 0.05) is 18.3 Å². The first-order valence-electron chi connectivity index (χ1n) is 10.6. The minimum atomic E-state index is -4.62. The van der Waals surface area contributed by atoms with Crippen LogP contribution in [0.4, 0.5) is 18.9 Å². The molecule has 3 aromatic carbocycles. The van der Waals surface area contributed by atoms with Crippen LogP contribution in [0.2, 0.25) is 5.02 Å². The average molecular weight is 578 g/mol. The van der Waals surface area contributed by atoms with E-state index in [-0.39, 0.29) is 32.9 Å². The fourth-order valence-electron chi connectivity index (χ4n) is 3.25. The summed E-state index contributed by atoms with van der Waals surface area (Å²) in [6.07, 6.45) is -4.83. The predicted molar refractivity (Wildman–Crippen MR) is 132 cm³/mol. The summed E-state index contributed by atoms with van der Waals surface area (Å²) in [6.45, 7) is 0.950. The number of hydrogen-bond donors (Lipinski definition) is 0. The van der Waals surface area contributed by atoms with Crippen molar-refractivity contribution >= 4 is 39.8 Å². The molecule has 0 aliphatic carbocycles. The third kappa shape index (κ3) is 6.89. The molecule has 0 fully saturated rings. The smallest absolute Gasteiger partial charge is 0.416 e. The SMILES string of the molecule is CCP(=O)(OCCS(=O)(=O)c1ccccc1)c1cc(Oc2ccc(C(F)(F)F)cc2Cl)ccc1[N+](=O)[O-]. The van der Waals surface area contributed by atoms with Crippen molar-refractivity contribution in [2.24, 2.45) is 0 Å². The van der Waals surface area contributed by atoms with Crippen LogP contribution in [0.3, 0.4) is 0 Å². The highest BCUT2D eigenvalue weighted by Gasteiger charge is 2.34. The second-order valence-corrected chi connectivity index (χ2v) is 12.8. The number of sulfone groups is 1. The minimum Gasteiger partial charge on any atom is -0.456 e. The Hall–Kier alpha value is -2.92. The fraction of sp³-hybridized carbons (Fsp3) is 0.217. The number of nitrogens with zero attached hydrogens (tertiary/aromatic N) is 1. The molecule has 0 heterocycles. The van der Waals surface area contributed by atoms with Crippen LogP contribution < -0.4 is 10.0 Å². The molecule has 3 rings (SSSR count). The van der Waals surface area contributed by atoms with Crippen molar-refractivity contribution in [2.45, 2.75) is 18.0 Å². The van der Waals surface area contributed by atoms with Gasteiger partial charge in [0.25, 0.3) is 5.69 Å². The molecule has 0 spiro atoms. The molecule has 0 aliphatic rings. The molecule has 8 nitrogen and oxygen atoms in total. The lowest BCUT2D eigenvalue weighted by Crippen LogP contribution is -2.18. The number of alkyl halides is 3. The molecule has 0 radical (unpaired) electrons. The van der Waals surface area contributed by atoms with Crippen LogP contribution in [-0.4, -0.2) is 31.9 Å². The van der Waals surface area contributed by atoms with E-state index in [0.717, 1.165) is 30.3 Å². The molecule has 0 saturated carbocycles. The number of nitro benzene ring substituents is 1. The van der Waals surface area contributed by atoms with Gasteiger partial charge in [0.1, 0.15) is 16.8 Å². The van der Waals surface area contributed by atoms with Gasteiger partial charge in [0.05, 0.1) is 32.8 Å². The summed E-state index contributed by atoms with van der Waals surface area (Å²) < 4.78 is 88.3.